The van der Waals surface area contributed by atoms with E-state index in [9.17, 15) is 0 Å². The third-order valence-corrected chi connectivity index (χ3v) is 5.07. The summed E-state index contributed by atoms with van der Waals surface area (Å²) in [4.78, 5) is 0. The van der Waals surface area contributed by atoms with E-state index in [4.69, 9.17) is 4.74 Å². The molecular formula is C18H28BrNO. The first-order valence-electron chi connectivity index (χ1n) is 8.16. The Morgan fingerprint density at radius 1 is 1.24 bits per heavy atom. The molecule has 21 heavy (non-hydrogen) atoms. The van der Waals surface area contributed by atoms with Gasteiger partial charge in [-0.1, -0.05) is 42.6 Å². The van der Waals surface area contributed by atoms with Crippen LogP contribution in [0.2, 0.25) is 0 Å². The van der Waals surface area contributed by atoms with Gasteiger partial charge in [-0.25, -0.2) is 0 Å². The van der Waals surface area contributed by atoms with Gasteiger partial charge in [0.15, 0.2) is 0 Å². The first-order chi connectivity index (χ1) is 10.1. The first-order valence-corrected chi connectivity index (χ1v) is 8.95. The van der Waals surface area contributed by atoms with Crippen LogP contribution in [-0.4, -0.2) is 19.7 Å². The SMILES string of the molecule is COc1ccc(Br)cc1CC1CCCCC1CNC(C)C. The van der Waals surface area contributed by atoms with Crippen LogP contribution in [0.1, 0.15) is 45.1 Å². The maximum Gasteiger partial charge on any atom is 0.122 e. The number of hydrogen-bond donors (Lipinski definition) is 1. The predicted octanol–water partition coefficient (Wildman–Crippen LogP) is 4.80. The van der Waals surface area contributed by atoms with E-state index in [0.29, 0.717) is 6.04 Å². The highest BCUT2D eigenvalue weighted by atomic mass is 79.9. The van der Waals surface area contributed by atoms with Gasteiger partial charge < -0.3 is 10.1 Å². The summed E-state index contributed by atoms with van der Waals surface area (Å²) in [7, 11) is 1.77. The van der Waals surface area contributed by atoms with Gasteiger partial charge in [0.25, 0.3) is 0 Å². The number of halogens is 1. The van der Waals surface area contributed by atoms with Gasteiger partial charge >= 0.3 is 0 Å². The van der Waals surface area contributed by atoms with Crippen LogP contribution in [0.25, 0.3) is 0 Å². The first kappa shape index (κ1) is 16.8. The molecule has 2 atom stereocenters. The number of nitrogens with one attached hydrogen (secondary N) is 1. The van der Waals surface area contributed by atoms with E-state index < -0.39 is 0 Å². The minimum Gasteiger partial charge on any atom is -0.496 e. The largest absolute Gasteiger partial charge is 0.496 e. The van der Waals surface area contributed by atoms with Gasteiger partial charge in [0, 0.05) is 10.5 Å². The lowest BCUT2D eigenvalue weighted by atomic mass is 9.76. The maximum atomic E-state index is 5.54. The molecule has 2 rings (SSSR count). The second kappa shape index (κ2) is 8.19. The van der Waals surface area contributed by atoms with Gasteiger partial charge in [-0.05, 0) is 61.4 Å². The van der Waals surface area contributed by atoms with Crippen molar-refractivity contribution in [2.24, 2.45) is 11.8 Å². The molecule has 1 saturated carbocycles. The van der Waals surface area contributed by atoms with Crippen molar-refractivity contribution in [3.63, 3.8) is 0 Å². The van der Waals surface area contributed by atoms with E-state index in [0.717, 1.165) is 35.0 Å². The van der Waals surface area contributed by atoms with Crippen LogP contribution >= 0.6 is 15.9 Å². The summed E-state index contributed by atoms with van der Waals surface area (Å²) in [5.41, 5.74) is 1.34. The number of ether oxygens (including phenoxy) is 1. The molecule has 0 aliphatic heterocycles. The van der Waals surface area contributed by atoms with E-state index in [2.05, 4.69) is 53.3 Å². The zero-order valence-corrected chi connectivity index (χ0v) is 15.1. The highest BCUT2D eigenvalue weighted by Crippen LogP contribution is 2.35. The molecule has 0 spiro atoms. The maximum absolute atomic E-state index is 5.54. The van der Waals surface area contributed by atoms with Gasteiger partial charge in [0.2, 0.25) is 0 Å². The van der Waals surface area contributed by atoms with Gasteiger partial charge in [0.1, 0.15) is 5.75 Å². The van der Waals surface area contributed by atoms with Crippen molar-refractivity contribution >= 4 is 15.9 Å². The van der Waals surface area contributed by atoms with Gasteiger partial charge in [-0.3, -0.25) is 0 Å². The lowest BCUT2D eigenvalue weighted by Gasteiger charge is -2.33. The van der Waals surface area contributed by atoms with Crippen LogP contribution in [0.4, 0.5) is 0 Å². The molecular weight excluding hydrogens is 326 g/mol. The second-order valence-corrected chi connectivity index (χ2v) is 7.44. The van der Waals surface area contributed by atoms with Gasteiger partial charge in [-0.2, -0.15) is 0 Å². The van der Waals surface area contributed by atoms with E-state index >= 15 is 0 Å². The van der Waals surface area contributed by atoms with Crippen molar-refractivity contribution in [2.45, 2.75) is 52.0 Å². The number of methoxy groups -OCH3 is 1. The standard InChI is InChI=1S/C18H28BrNO/c1-13(2)20-12-15-7-5-4-6-14(15)10-16-11-17(19)8-9-18(16)21-3/h8-9,11,13-15,20H,4-7,10,12H2,1-3H3. The molecule has 0 saturated heterocycles. The molecule has 0 heterocycles. The van der Waals surface area contributed by atoms with Crippen molar-refractivity contribution in [1.82, 2.24) is 5.32 Å². The number of rotatable bonds is 6. The molecule has 1 aromatic rings. The zero-order chi connectivity index (χ0) is 15.2. The topological polar surface area (TPSA) is 21.3 Å². The fourth-order valence-corrected chi connectivity index (χ4v) is 3.81. The summed E-state index contributed by atoms with van der Waals surface area (Å²) >= 11 is 3.59. The summed E-state index contributed by atoms with van der Waals surface area (Å²) in [6.45, 7) is 5.61. The normalized spacial score (nSPS) is 22.5. The van der Waals surface area contributed by atoms with Crippen molar-refractivity contribution in [3.8, 4) is 5.75 Å². The molecule has 2 unspecified atom stereocenters. The van der Waals surface area contributed by atoms with Crippen molar-refractivity contribution in [3.05, 3.63) is 28.2 Å². The molecule has 2 nitrogen and oxygen atoms in total. The quantitative estimate of drug-likeness (QED) is 0.792. The van der Waals surface area contributed by atoms with Crippen LogP contribution in [0, 0.1) is 11.8 Å². The summed E-state index contributed by atoms with van der Waals surface area (Å²) in [6, 6.07) is 6.93. The predicted molar refractivity (Wildman–Crippen MR) is 93.0 cm³/mol. The van der Waals surface area contributed by atoms with Crippen molar-refractivity contribution in [1.29, 1.82) is 0 Å². The van der Waals surface area contributed by atoms with E-state index in [-0.39, 0.29) is 0 Å². The molecule has 0 bridgehead atoms. The Morgan fingerprint density at radius 2 is 1.95 bits per heavy atom. The summed E-state index contributed by atoms with van der Waals surface area (Å²) < 4.78 is 6.68. The van der Waals surface area contributed by atoms with Crippen LogP contribution in [-0.2, 0) is 6.42 Å². The highest BCUT2D eigenvalue weighted by Gasteiger charge is 2.26. The summed E-state index contributed by atoms with van der Waals surface area (Å²) in [6.07, 6.45) is 6.60. The van der Waals surface area contributed by atoms with E-state index in [1.165, 1.54) is 31.2 Å². The van der Waals surface area contributed by atoms with E-state index in [1.54, 1.807) is 7.11 Å². The molecule has 1 aliphatic carbocycles. The molecule has 1 fully saturated rings. The molecule has 0 radical (unpaired) electrons. The monoisotopic (exact) mass is 353 g/mol. The minimum atomic E-state index is 0.577. The Kier molecular flexibility index (Phi) is 6.56. The fraction of sp³-hybridized carbons (Fsp3) is 0.667. The lowest BCUT2D eigenvalue weighted by Crippen LogP contribution is -2.35. The summed E-state index contributed by atoms with van der Waals surface area (Å²) in [5.74, 6) is 2.59. The Balaban J connectivity index is 2.06. The minimum absolute atomic E-state index is 0.577. The fourth-order valence-electron chi connectivity index (χ4n) is 3.40. The highest BCUT2D eigenvalue weighted by molar-refractivity contribution is 9.10. The second-order valence-electron chi connectivity index (χ2n) is 6.53. The molecule has 0 aromatic heterocycles. The molecule has 0 amide bonds. The van der Waals surface area contributed by atoms with Crippen LogP contribution in [0.15, 0.2) is 22.7 Å². The van der Waals surface area contributed by atoms with Gasteiger partial charge in [-0.15, -0.1) is 0 Å². The molecule has 1 N–H and O–H groups in total. The average molecular weight is 354 g/mol. The summed E-state index contributed by atoms with van der Waals surface area (Å²) in [5, 5.41) is 3.63. The molecule has 1 aromatic carbocycles. The Hall–Kier alpha value is -0.540. The molecule has 1 aliphatic rings. The Labute approximate surface area is 137 Å². The molecule has 3 heteroatoms. The lowest BCUT2D eigenvalue weighted by molar-refractivity contribution is 0.223. The van der Waals surface area contributed by atoms with Crippen LogP contribution < -0.4 is 10.1 Å². The van der Waals surface area contributed by atoms with Crippen molar-refractivity contribution in [2.75, 3.05) is 13.7 Å². The van der Waals surface area contributed by atoms with Gasteiger partial charge in [0.05, 0.1) is 7.11 Å². The number of hydrogen-bond acceptors (Lipinski definition) is 2. The van der Waals surface area contributed by atoms with Crippen LogP contribution in [0.3, 0.4) is 0 Å². The Bertz CT molecular complexity index is 447. The van der Waals surface area contributed by atoms with Crippen LogP contribution in [0.5, 0.6) is 5.75 Å². The van der Waals surface area contributed by atoms with E-state index in [1.807, 2.05) is 0 Å². The zero-order valence-electron chi connectivity index (χ0n) is 13.5. The molecule has 118 valence electrons. The third-order valence-electron chi connectivity index (χ3n) is 4.58. The smallest absolute Gasteiger partial charge is 0.122 e. The third kappa shape index (κ3) is 5.00. The Morgan fingerprint density at radius 3 is 2.62 bits per heavy atom. The van der Waals surface area contributed by atoms with Crippen molar-refractivity contribution < 1.29 is 4.74 Å². The number of benzene rings is 1. The average Bonchev–Trinajstić information content (AvgIpc) is 2.46.